The van der Waals surface area contributed by atoms with Crippen molar-refractivity contribution < 1.29 is 14.6 Å². The Morgan fingerprint density at radius 2 is 1.92 bits per heavy atom. The molecule has 0 bridgehead atoms. The maximum atomic E-state index is 12.6. The van der Waals surface area contributed by atoms with Gasteiger partial charge in [-0.25, -0.2) is 19.7 Å². The van der Waals surface area contributed by atoms with E-state index < -0.39 is 17.7 Å². The number of fused-ring (bicyclic) bond motifs is 1. The normalized spacial score (nSPS) is 15.4. The van der Waals surface area contributed by atoms with E-state index in [1.165, 1.54) is 11.3 Å². The number of aromatic nitrogens is 3. The zero-order chi connectivity index (χ0) is 27.9. The maximum absolute atomic E-state index is 12.6. The van der Waals surface area contributed by atoms with Crippen LogP contribution in [0, 0.1) is 6.92 Å². The van der Waals surface area contributed by atoms with Gasteiger partial charge in [-0.2, -0.15) is 0 Å². The first-order valence-electron chi connectivity index (χ1n) is 12.8. The molecule has 1 aliphatic heterocycles. The van der Waals surface area contributed by atoms with Crippen molar-refractivity contribution in [3.05, 3.63) is 70.6 Å². The summed E-state index contributed by atoms with van der Waals surface area (Å²) in [6.45, 7) is 9.32. The molecule has 0 spiro atoms. The van der Waals surface area contributed by atoms with Gasteiger partial charge in [0, 0.05) is 35.4 Å². The van der Waals surface area contributed by atoms with Gasteiger partial charge >= 0.3 is 5.97 Å². The number of carbonyl (C=O) groups is 1. The van der Waals surface area contributed by atoms with Crippen LogP contribution in [-0.4, -0.2) is 56.7 Å². The van der Waals surface area contributed by atoms with Gasteiger partial charge in [0.2, 0.25) is 0 Å². The zero-order valence-electron chi connectivity index (χ0n) is 22.7. The Balaban J connectivity index is 1.70. The van der Waals surface area contributed by atoms with Gasteiger partial charge in [0.25, 0.3) is 0 Å². The van der Waals surface area contributed by atoms with Crippen molar-refractivity contribution in [2.24, 2.45) is 0 Å². The predicted molar refractivity (Wildman–Crippen MR) is 157 cm³/mol. The number of hydrogen-bond donors (Lipinski definition) is 1. The molecule has 0 amide bonds. The topological polar surface area (TPSA) is 88.4 Å². The fraction of sp³-hybridized carbons (Fsp3) is 0.333. The molecule has 0 saturated heterocycles. The number of carboxylic acids is 1. The van der Waals surface area contributed by atoms with Crippen LogP contribution in [0.2, 0.25) is 5.02 Å². The van der Waals surface area contributed by atoms with E-state index in [1.807, 2.05) is 64.1 Å². The highest BCUT2D eigenvalue weighted by molar-refractivity contribution is 7.22. The molecule has 3 heterocycles. The number of aryl methyl sites for hydroxylation is 1. The second kappa shape index (κ2) is 10.8. The van der Waals surface area contributed by atoms with E-state index in [9.17, 15) is 9.90 Å². The van der Waals surface area contributed by atoms with E-state index in [0.717, 1.165) is 68.5 Å². The van der Waals surface area contributed by atoms with Crippen molar-refractivity contribution in [3.63, 3.8) is 0 Å². The van der Waals surface area contributed by atoms with Crippen LogP contribution in [0.4, 0.5) is 0 Å². The highest BCUT2D eigenvalue weighted by Gasteiger charge is 2.32. The van der Waals surface area contributed by atoms with E-state index in [-0.39, 0.29) is 0 Å². The van der Waals surface area contributed by atoms with E-state index in [2.05, 4.69) is 23.0 Å². The van der Waals surface area contributed by atoms with Gasteiger partial charge < -0.3 is 14.7 Å². The summed E-state index contributed by atoms with van der Waals surface area (Å²) in [6.07, 6.45) is 3.69. The van der Waals surface area contributed by atoms with Crippen molar-refractivity contribution >= 4 is 44.7 Å². The molecule has 5 rings (SSSR count). The number of aliphatic carboxylic acids is 1. The Morgan fingerprint density at radius 1 is 1.18 bits per heavy atom. The second-order valence-electron chi connectivity index (χ2n) is 10.8. The Labute approximate surface area is 237 Å². The Morgan fingerprint density at radius 3 is 2.56 bits per heavy atom. The van der Waals surface area contributed by atoms with Crippen molar-refractivity contribution in [1.29, 1.82) is 0 Å². The molecule has 7 nitrogen and oxygen atoms in total. The second-order valence-corrected chi connectivity index (χ2v) is 12.2. The Hall–Kier alpha value is -3.17. The van der Waals surface area contributed by atoms with Crippen LogP contribution in [0.1, 0.15) is 50.2 Å². The van der Waals surface area contributed by atoms with E-state index >= 15 is 0 Å². The van der Waals surface area contributed by atoms with E-state index in [0.29, 0.717) is 10.6 Å². The van der Waals surface area contributed by atoms with Gasteiger partial charge in [-0.05, 0) is 82.1 Å². The number of rotatable bonds is 6. The molecule has 2 aromatic heterocycles. The first kappa shape index (κ1) is 27.4. The third-order valence-corrected chi connectivity index (χ3v) is 7.96. The molecule has 0 aliphatic carbocycles. The van der Waals surface area contributed by atoms with E-state index in [1.54, 1.807) is 6.20 Å². The molecular weight excluding hydrogens is 532 g/mol. The molecular formula is C30H31ClN4O3S. The lowest BCUT2D eigenvalue weighted by Gasteiger charge is -2.28. The number of ether oxygens (including phenoxy) is 1. The fourth-order valence-corrected chi connectivity index (χ4v) is 5.98. The minimum absolute atomic E-state index is 0.603. The smallest absolute Gasteiger partial charge is 0.337 e. The molecule has 39 heavy (non-hydrogen) atoms. The minimum Gasteiger partial charge on any atom is -0.479 e. The van der Waals surface area contributed by atoms with Crippen molar-refractivity contribution in [3.8, 4) is 21.8 Å². The fourth-order valence-electron chi connectivity index (χ4n) is 4.75. The van der Waals surface area contributed by atoms with Crippen LogP contribution in [-0.2, 0) is 9.53 Å². The summed E-state index contributed by atoms with van der Waals surface area (Å²) in [4.78, 5) is 29.2. The summed E-state index contributed by atoms with van der Waals surface area (Å²) in [5.41, 5.74) is 5.03. The first-order chi connectivity index (χ1) is 18.5. The minimum atomic E-state index is -1.16. The van der Waals surface area contributed by atoms with Gasteiger partial charge in [-0.3, -0.25) is 0 Å². The number of benzene rings is 2. The van der Waals surface area contributed by atoms with Gasteiger partial charge in [-0.1, -0.05) is 29.8 Å². The van der Waals surface area contributed by atoms with Crippen LogP contribution < -0.4 is 0 Å². The van der Waals surface area contributed by atoms with Crippen LogP contribution >= 0.6 is 22.9 Å². The van der Waals surface area contributed by atoms with Crippen LogP contribution in [0.25, 0.3) is 37.6 Å². The van der Waals surface area contributed by atoms with Gasteiger partial charge in [0.1, 0.15) is 10.7 Å². The Bertz CT molecular complexity index is 1570. The molecule has 0 fully saturated rings. The zero-order valence-corrected chi connectivity index (χ0v) is 24.2. The monoisotopic (exact) mass is 562 g/mol. The summed E-state index contributed by atoms with van der Waals surface area (Å²) < 4.78 is 6.98. The molecule has 9 heteroatoms. The summed E-state index contributed by atoms with van der Waals surface area (Å²) >= 11 is 7.70. The van der Waals surface area contributed by atoms with Crippen LogP contribution in [0.3, 0.4) is 0 Å². The molecule has 4 aromatic rings. The maximum Gasteiger partial charge on any atom is 0.337 e. The quantitative estimate of drug-likeness (QED) is 0.269. The molecule has 1 N–H and O–H groups in total. The molecule has 1 unspecified atom stereocenters. The molecule has 0 saturated carbocycles. The predicted octanol–water partition coefficient (Wildman–Crippen LogP) is 7.04. The van der Waals surface area contributed by atoms with Crippen LogP contribution in [0.15, 0.2) is 48.7 Å². The summed E-state index contributed by atoms with van der Waals surface area (Å²) in [5, 5.41) is 11.6. The highest BCUT2D eigenvalue weighted by atomic mass is 35.5. The number of carboxylic acid groups (broad SMARTS) is 1. The molecule has 1 aliphatic rings. The van der Waals surface area contributed by atoms with Crippen molar-refractivity contribution in [1.82, 2.24) is 19.9 Å². The third-order valence-electron chi connectivity index (χ3n) is 6.59. The number of halogens is 1. The molecule has 2 aromatic carbocycles. The molecule has 202 valence electrons. The highest BCUT2D eigenvalue weighted by Crippen LogP contribution is 2.44. The third kappa shape index (κ3) is 5.89. The largest absolute Gasteiger partial charge is 0.479 e. The summed E-state index contributed by atoms with van der Waals surface area (Å²) in [6, 6.07) is 11.2. The summed E-state index contributed by atoms with van der Waals surface area (Å²) in [7, 11) is 2.10. The lowest BCUT2D eigenvalue weighted by atomic mass is 9.91. The standard InChI is InChI=1S/C30H31ClN4O3S/c1-17-16-22-26(39-28(34-22)21-10-13-32-27(33-21)19-11-14-35(5)15-12-19)24(18-6-8-20(31)9-7-18)23(17)25(29(36)37)38-30(2,3)4/h6-11,13,16,25H,12,14-15H2,1-5H3,(H,36,37). The number of thiazole rings is 1. The first-order valence-corrected chi connectivity index (χ1v) is 14.0. The molecule has 1 atom stereocenters. The lowest BCUT2D eigenvalue weighted by molar-refractivity contribution is -0.160. The summed E-state index contributed by atoms with van der Waals surface area (Å²) in [5.74, 6) is -0.321. The van der Waals surface area contributed by atoms with Gasteiger partial charge in [-0.15, -0.1) is 11.3 Å². The average molecular weight is 563 g/mol. The van der Waals surface area contributed by atoms with Gasteiger partial charge in [0.15, 0.2) is 11.9 Å². The SMILES string of the molecule is Cc1cc2nc(-c3ccnc(C4=CCN(C)CC4)n3)sc2c(-c2ccc(Cl)cc2)c1C(OC(C)(C)C)C(=O)O. The number of nitrogens with zero attached hydrogens (tertiary/aromatic N) is 4. The molecule has 0 radical (unpaired) electrons. The van der Waals surface area contributed by atoms with E-state index in [4.69, 9.17) is 26.3 Å². The average Bonchev–Trinajstić information content (AvgIpc) is 3.31. The number of likely N-dealkylation sites (N-methyl/N-ethyl adjacent to an activating group) is 1. The Kier molecular flexibility index (Phi) is 7.57. The van der Waals surface area contributed by atoms with Crippen LogP contribution in [0.5, 0.6) is 0 Å². The number of hydrogen-bond acceptors (Lipinski definition) is 7. The lowest BCUT2D eigenvalue weighted by Crippen LogP contribution is -2.28. The van der Waals surface area contributed by atoms with Gasteiger partial charge in [0.05, 0.1) is 15.8 Å². The van der Waals surface area contributed by atoms with Crippen molar-refractivity contribution in [2.45, 2.75) is 45.8 Å². The van der Waals surface area contributed by atoms with Crippen molar-refractivity contribution in [2.75, 3.05) is 20.1 Å².